The molecule has 0 spiro atoms. The summed E-state index contributed by atoms with van der Waals surface area (Å²) in [5.41, 5.74) is -0.235. The molecule has 1 atom stereocenters. The van der Waals surface area contributed by atoms with Crippen LogP contribution in [0.2, 0.25) is 0 Å². The molecule has 0 amide bonds. The van der Waals surface area contributed by atoms with Crippen molar-refractivity contribution in [2.24, 2.45) is 0 Å². The molecule has 0 aliphatic carbocycles. The quantitative estimate of drug-likeness (QED) is 0.854. The highest BCUT2D eigenvalue weighted by atomic mass is 19.1. The van der Waals surface area contributed by atoms with Crippen molar-refractivity contribution in [1.82, 2.24) is 10.2 Å². The summed E-state index contributed by atoms with van der Waals surface area (Å²) in [6.45, 7) is 2.61. The van der Waals surface area contributed by atoms with E-state index >= 15 is 0 Å². The molecule has 1 fully saturated rings. The molecule has 2 rings (SSSR count). The molecule has 110 valence electrons. The molecular weight excluding hydrogens is 266 g/mol. The van der Waals surface area contributed by atoms with Crippen molar-refractivity contribution in [3.63, 3.8) is 0 Å². The summed E-state index contributed by atoms with van der Waals surface area (Å²) >= 11 is 0. The molecule has 1 aromatic rings. The molecular formula is C14H18F2N2O2. The first kappa shape index (κ1) is 14.9. The number of nitrogens with one attached hydrogen (secondary N) is 1. The third-order valence-electron chi connectivity index (χ3n) is 3.44. The van der Waals surface area contributed by atoms with E-state index in [1.807, 2.05) is 0 Å². The molecule has 1 saturated heterocycles. The van der Waals surface area contributed by atoms with Gasteiger partial charge < -0.3 is 10.1 Å². The Bertz CT molecular complexity index is 454. The first-order chi connectivity index (χ1) is 9.65. The molecule has 0 saturated carbocycles. The van der Waals surface area contributed by atoms with E-state index in [0.717, 1.165) is 25.1 Å². The van der Waals surface area contributed by atoms with E-state index < -0.39 is 23.6 Å². The summed E-state index contributed by atoms with van der Waals surface area (Å²) in [6.07, 6.45) is 0.809. The number of carbonyl (C=O) groups is 1. The second kappa shape index (κ2) is 6.76. The Morgan fingerprint density at radius 3 is 2.65 bits per heavy atom. The first-order valence-corrected chi connectivity index (χ1v) is 6.61. The van der Waals surface area contributed by atoms with Crippen molar-refractivity contribution in [3.05, 3.63) is 35.4 Å². The molecule has 1 aromatic carbocycles. The summed E-state index contributed by atoms with van der Waals surface area (Å²) in [5.74, 6) is -2.09. The lowest BCUT2D eigenvalue weighted by Crippen LogP contribution is -2.38. The SMILES string of the molecule is COC(=O)C(c1c(F)cccc1F)N1CCCNCC1. The molecule has 6 heteroatoms. The molecule has 1 N–H and O–H groups in total. The van der Waals surface area contributed by atoms with Crippen LogP contribution in [0.5, 0.6) is 0 Å². The Morgan fingerprint density at radius 2 is 2.00 bits per heavy atom. The van der Waals surface area contributed by atoms with Crippen LogP contribution in [0.1, 0.15) is 18.0 Å². The van der Waals surface area contributed by atoms with Crippen molar-refractivity contribution in [1.29, 1.82) is 0 Å². The zero-order chi connectivity index (χ0) is 14.5. The maximum Gasteiger partial charge on any atom is 0.327 e. The number of hydrogen-bond donors (Lipinski definition) is 1. The number of carbonyl (C=O) groups excluding carboxylic acids is 1. The number of methoxy groups -OCH3 is 1. The largest absolute Gasteiger partial charge is 0.468 e. The highest BCUT2D eigenvalue weighted by Crippen LogP contribution is 2.27. The average Bonchev–Trinajstić information content (AvgIpc) is 2.71. The van der Waals surface area contributed by atoms with Crippen molar-refractivity contribution in [2.75, 3.05) is 33.3 Å². The van der Waals surface area contributed by atoms with Crippen LogP contribution < -0.4 is 5.32 Å². The Balaban J connectivity index is 2.38. The van der Waals surface area contributed by atoms with Crippen molar-refractivity contribution in [3.8, 4) is 0 Å². The highest BCUT2D eigenvalue weighted by Gasteiger charge is 2.33. The fourth-order valence-corrected chi connectivity index (χ4v) is 2.46. The number of nitrogens with zero attached hydrogens (tertiary/aromatic N) is 1. The van der Waals surface area contributed by atoms with Crippen LogP contribution in [0.15, 0.2) is 18.2 Å². The van der Waals surface area contributed by atoms with E-state index in [1.165, 1.54) is 13.2 Å². The van der Waals surface area contributed by atoms with Gasteiger partial charge in [0.2, 0.25) is 0 Å². The molecule has 1 aliphatic heterocycles. The number of esters is 1. The normalized spacial score (nSPS) is 18.4. The zero-order valence-corrected chi connectivity index (χ0v) is 11.4. The third kappa shape index (κ3) is 3.13. The third-order valence-corrected chi connectivity index (χ3v) is 3.44. The fraction of sp³-hybridized carbons (Fsp3) is 0.500. The number of ether oxygens (including phenoxy) is 1. The van der Waals surface area contributed by atoms with Crippen LogP contribution in [0.4, 0.5) is 8.78 Å². The Morgan fingerprint density at radius 1 is 1.30 bits per heavy atom. The van der Waals surface area contributed by atoms with Gasteiger partial charge in [-0.15, -0.1) is 0 Å². The summed E-state index contributed by atoms with van der Waals surface area (Å²) in [6, 6.07) is 2.56. The lowest BCUT2D eigenvalue weighted by atomic mass is 10.0. The van der Waals surface area contributed by atoms with E-state index in [0.29, 0.717) is 19.6 Å². The van der Waals surface area contributed by atoms with Gasteiger partial charge in [0.1, 0.15) is 17.7 Å². The van der Waals surface area contributed by atoms with Crippen LogP contribution in [0.25, 0.3) is 0 Å². The van der Waals surface area contributed by atoms with Gasteiger partial charge in [0.15, 0.2) is 0 Å². The van der Waals surface area contributed by atoms with Crippen LogP contribution in [0.3, 0.4) is 0 Å². The molecule has 0 bridgehead atoms. The number of halogens is 2. The van der Waals surface area contributed by atoms with Gasteiger partial charge in [-0.1, -0.05) is 6.07 Å². The molecule has 20 heavy (non-hydrogen) atoms. The minimum absolute atomic E-state index is 0.235. The maximum absolute atomic E-state index is 14.0. The Labute approximate surface area is 116 Å². The standard InChI is InChI=1S/C14H18F2N2O2/c1-20-14(19)13(18-8-3-6-17-7-9-18)12-10(15)4-2-5-11(12)16/h2,4-5,13,17H,3,6-9H2,1H3. The summed E-state index contributed by atoms with van der Waals surface area (Å²) in [4.78, 5) is 13.8. The van der Waals surface area contributed by atoms with Gasteiger partial charge >= 0.3 is 5.97 Å². The second-order valence-electron chi connectivity index (χ2n) is 4.70. The minimum atomic E-state index is -1.04. The van der Waals surface area contributed by atoms with Crippen LogP contribution in [-0.2, 0) is 9.53 Å². The van der Waals surface area contributed by atoms with E-state index in [2.05, 4.69) is 5.32 Å². The molecule has 1 aliphatic rings. The number of rotatable bonds is 3. The van der Waals surface area contributed by atoms with E-state index in [9.17, 15) is 13.6 Å². The van der Waals surface area contributed by atoms with Crippen LogP contribution >= 0.6 is 0 Å². The lowest BCUT2D eigenvalue weighted by molar-refractivity contribution is -0.147. The van der Waals surface area contributed by atoms with E-state index in [1.54, 1.807) is 4.90 Å². The van der Waals surface area contributed by atoms with Gasteiger partial charge in [0, 0.05) is 19.6 Å². The van der Waals surface area contributed by atoms with Crippen molar-refractivity contribution < 1.29 is 18.3 Å². The average molecular weight is 284 g/mol. The minimum Gasteiger partial charge on any atom is -0.468 e. The van der Waals surface area contributed by atoms with Gasteiger partial charge in [-0.2, -0.15) is 0 Å². The van der Waals surface area contributed by atoms with Gasteiger partial charge in [-0.3, -0.25) is 4.90 Å². The van der Waals surface area contributed by atoms with Crippen molar-refractivity contribution in [2.45, 2.75) is 12.5 Å². The van der Waals surface area contributed by atoms with E-state index in [-0.39, 0.29) is 5.56 Å². The van der Waals surface area contributed by atoms with Gasteiger partial charge in [-0.25, -0.2) is 13.6 Å². The van der Waals surface area contributed by atoms with Crippen LogP contribution in [-0.4, -0.2) is 44.2 Å². The topological polar surface area (TPSA) is 41.6 Å². The van der Waals surface area contributed by atoms with Crippen LogP contribution in [0, 0.1) is 11.6 Å². The predicted molar refractivity (Wildman–Crippen MR) is 70.2 cm³/mol. The summed E-state index contributed by atoms with van der Waals surface area (Å²) in [7, 11) is 1.23. The molecule has 0 aromatic heterocycles. The fourth-order valence-electron chi connectivity index (χ4n) is 2.46. The van der Waals surface area contributed by atoms with Gasteiger partial charge in [-0.05, 0) is 25.1 Å². The number of hydrogen-bond acceptors (Lipinski definition) is 4. The maximum atomic E-state index is 14.0. The monoisotopic (exact) mass is 284 g/mol. The van der Waals surface area contributed by atoms with Gasteiger partial charge in [0.05, 0.1) is 12.7 Å². The first-order valence-electron chi connectivity index (χ1n) is 6.61. The van der Waals surface area contributed by atoms with E-state index in [4.69, 9.17) is 4.74 Å². The lowest BCUT2D eigenvalue weighted by Gasteiger charge is -2.28. The summed E-state index contributed by atoms with van der Waals surface area (Å²) in [5, 5.41) is 3.19. The molecule has 1 unspecified atom stereocenters. The Hall–Kier alpha value is -1.53. The summed E-state index contributed by atoms with van der Waals surface area (Å²) < 4.78 is 32.7. The molecule has 1 heterocycles. The Kier molecular flexibility index (Phi) is 5.03. The smallest absolute Gasteiger partial charge is 0.327 e. The predicted octanol–water partition coefficient (Wildman–Crippen LogP) is 1.47. The zero-order valence-electron chi connectivity index (χ0n) is 11.4. The molecule has 0 radical (unpaired) electrons. The van der Waals surface area contributed by atoms with Crippen molar-refractivity contribution >= 4 is 5.97 Å². The molecule has 4 nitrogen and oxygen atoms in total. The van der Waals surface area contributed by atoms with Gasteiger partial charge in [0.25, 0.3) is 0 Å². The number of benzene rings is 1. The highest BCUT2D eigenvalue weighted by molar-refractivity contribution is 5.77. The second-order valence-corrected chi connectivity index (χ2v) is 4.70.